The lowest BCUT2D eigenvalue weighted by molar-refractivity contribution is 0.0991. The first kappa shape index (κ1) is 19.3. The number of thioether (sulfide) groups is 1. The second kappa shape index (κ2) is 8.20. The van der Waals surface area contributed by atoms with E-state index in [0.29, 0.717) is 10.7 Å². The van der Waals surface area contributed by atoms with Gasteiger partial charge in [0.1, 0.15) is 5.25 Å². The fraction of sp³-hybridized carbons (Fsp3) is 0.0833. The first-order valence-corrected chi connectivity index (χ1v) is 10.8. The van der Waals surface area contributed by atoms with Crippen LogP contribution in [0.4, 0.5) is 0 Å². The number of hydrogen-bond donors (Lipinski definition) is 1. The Labute approximate surface area is 183 Å². The summed E-state index contributed by atoms with van der Waals surface area (Å²) in [5.41, 5.74) is 4.51. The van der Waals surface area contributed by atoms with Crippen LogP contribution in [0.5, 0.6) is 0 Å². The summed E-state index contributed by atoms with van der Waals surface area (Å²) in [6, 6.07) is 25.5. The lowest BCUT2D eigenvalue weighted by atomic mass is 10.0. The molecule has 1 atom stereocenters. The molecule has 0 spiro atoms. The predicted octanol–water partition coefficient (Wildman–Crippen LogP) is 5.17. The van der Waals surface area contributed by atoms with E-state index in [1.54, 1.807) is 10.9 Å². The number of aryl methyl sites for hydroxylation is 1. The van der Waals surface area contributed by atoms with E-state index < -0.39 is 5.25 Å². The summed E-state index contributed by atoms with van der Waals surface area (Å²) in [6.07, 6.45) is 1.78. The number of rotatable bonds is 6. The van der Waals surface area contributed by atoms with Crippen LogP contribution in [0.3, 0.4) is 0 Å². The number of nitrogens with zero attached hydrogens (tertiary/aromatic N) is 4. The average Bonchev–Trinajstić information content (AvgIpc) is 3.45. The zero-order chi connectivity index (χ0) is 21.2. The van der Waals surface area contributed by atoms with Crippen LogP contribution in [0.15, 0.2) is 90.2 Å². The molecule has 0 unspecified atom stereocenters. The standard InChI is InChI=1S/C24H19N5OS/c1-16-11-13-18(14-12-16)29-24(26-27-28-29)31-23(17-7-3-2-4-8-17)22(30)20-15-25-21-10-6-5-9-19(20)21/h2-15,23,25H,1H3/t23-/m0/s1. The first-order valence-electron chi connectivity index (χ1n) is 9.88. The third-order valence-electron chi connectivity index (χ3n) is 5.14. The van der Waals surface area contributed by atoms with Crippen LogP contribution in [0, 0.1) is 6.92 Å². The van der Waals surface area contributed by atoms with Gasteiger partial charge in [-0.15, -0.1) is 5.10 Å². The molecule has 3 aromatic carbocycles. The van der Waals surface area contributed by atoms with Gasteiger partial charge in [0.15, 0.2) is 5.78 Å². The van der Waals surface area contributed by atoms with Gasteiger partial charge in [0.05, 0.1) is 5.69 Å². The third kappa shape index (κ3) is 3.75. The fourth-order valence-electron chi connectivity index (χ4n) is 3.52. The minimum Gasteiger partial charge on any atom is -0.360 e. The van der Waals surface area contributed by atoms with Crippen molar-refractivity contribution in [3.05, 3.63) is 102 Å². The summed E-state index contributed by atoms with van der Waals surface area (Å²) < 4.78 is 1.67. The van der Waals surface area contributed by atoms with Crippen molar-refractivity contribution in [2.24, 2.45) is 0 Å². The van der Waals surface area contributed by atoms with E-state index in [1.807, 2.05) is 85.8 Å². The minimum atomic E-state index is -0.490. The predicted molar refractivity (Wildman–Crippen MR) is 122 cm³/mol. The minimum absolute atomic E-state index is 0.00658. The lowest BCUT2D eigenvalue weighted by Gasteiger charge is -2.15. The smallest absolute Gasteiger partial charge is 0.215 e. The summed E-state index contributed by atoms with van der Waals surface area (Å²) in [7, 11) is 0. The Kier molecular flexibility index (Phi) is 5.09. The second-order valence-electron chi connectivity index (χ2n) is 7.23. The molecule has 5 aromatic rings. The molecule has 0 radical (unpaired) electrons. The number of ketones is 1. The van der Waals surface area contributed by atoms with Gasteiger partial charge in [-0.3, -0.25) is 4.79 Å². The number of para-hydroxylation sites is 1. The van der Waals surface area contributed by atoms with Crippen LogP contribution in [0.25, 0.3) is 16.6 Å². The molecule has 0 aliphatic carbocycles. The third-order valence-corrected chi connectivity index (χ3v) is 6.33. The number of hydrogen-bond acceptors (Lipinski definition) is 5. The molecule has 152 valence electrons. The Morgan fingerprint density at radius 1 is 0.968 bits per heavy atom. The van der Waals surface area contributed by atoms with Crippen LogP contribution in [0.2, 0.25) is 0 Å². The van der Waals surface area contributed by atoms with Crippen molar-refractivity contribution >= 4 is 28.4 Å². The van der Waals surface area contributed by atoms with Crippen molar-refractivity contribution in [1.29, 1.82) is 0 Å². The fourth-order valence-corrected chi connectivity index (χ4v) is 4.59. The molecule has 5 rings (SSSR count). The maximum atomic E-state index is 13.7. The summed E-state index contributed by atoms with van der Waals surface area (Å²) in [5, 5.41) is 13.2. The van der Waals surface area contributed by atoms with Crippen LogP contribution in [-0.4, -0.2) is 31.0 Å². The Morgan fingerprint density at radius 2 is 1.71 bits per heavy atom. The quantitative estimate of drug-likeness (QED) is 0.300. The zero-order valence-electron chi connectivity index (χ0n) is 16.8. The van der Waals surface area contributed by atoms with E-state index in [2.05, 4.69) is 20.5 Å². The Balaban J connectivity index is 1.55. The molecule has 0 amide bonds. The molecule has 1 N–H and O–H groups in total. The largest absolute Gasteiger partial charge is 0.360 e. The number of carbonyl (C=O) groups excluding carboxylic acids is 1. The van der Waals surface area contributed by atoms with E-state index >= 15 is 0 Å². The molecule has 0 bridgehead atoms. The molecule has 31 heavy (non-hydrogen) atoms. The number of nitrogens with one attached hydrogen (secondary N) is 1. The van der Waals surface area contributed by atoms with Gasteiger partial charge in [-0.1, -0.05) is 78.0 Å². The van der Waals surface area contributed by atoms with E-state index in [9.17, 15) is 4.79 Å². The maximum Gasteiger partial charge on any atom is 0.215 e. The van der Waals surface area contributed by atoms with E-state index in [0.717, 1.165) is 27.7 Å². The van der Waals surface area contributed by atoms with Gasteiger partial charge in [0.2, 0.25) is 5.16 Å². The highest BCUT2D eigenvalue weighted by Crippen LogP contribution is 2.38. The number of carbonyl (C=O) groups is 1. The summed E-state index contributed by atoms with van der Waals surface area (Å²) in [5.74, 6) is 0.00658. The summed E-state index contributed by atoms with van der Waals surface area (Å²) >= 11 is 1.35. The van der Waals surface area contributed by atoms with Crippen molar-refractivity contribution in [1.82, 2.24) is 25.2 Å². The first-order chi connectivity index (χ1) is 15.2. The number of aromatic amines is 1. The van der Waals surface area contributed by atoms with Crippen LogP contribution in [0.1, 0.15) is 26.7 Å². The van der Waals surface area contributed by atoms with Gasteiger partial charge in [0, 0.05) is 22.7 Å². The molecule has 0 saturated heterocycles. The van der Waals surface area contributed by atoms with Gasteiger partial charge in [-0.2, -0.15) is 4.68 Å². The highest BCUT2D eigenvalue weighted by molar-refractivity contribution is 8.00. The van der Waals surface area contributed by atoms with Crippen LogP contribution >= 0.6 is 11.8 Å². The molecule has 7 heteroatoms. The molecule has 6 nitrogen and oxygen atoms in total. The van der Waals surface area contributed by atoms with Gasteiger partial charge >= 0.3 is 0 Å². The van der Waals surface area contributed by atoms with Gasteiger partial charge in [-0.05, 0) is 41.1 Å². The summed E-state index contributed by atoms with van der Waals surface area (Å²) in [4.78, 5) is 16.9. The second-order valence-corrected chi connectivity index (χ2v) is 8.30. The molecule has 0 aliphatic heterocycles. The summed E-state index contributed by atoms with van der Waals surface area (Å²) in [6.45, 7) is 2.03. The number of aromatic nitrogens is 5. The topological polar surface area (TPSA) is 76.5 Å². The Morgan fingerprint density at radius 3 is 2.52 bits per heavy atom. The van der Waals surface area contributed by atoms with E-state index in [4.69, 9.17) is 0 Å². The molecular weight excluding hydrogens is 406 g/mol. The molecule has 2 heterocycles. The van der Waals surface area contributed by atoms with Crippen molar-refractivity contribution in [3.8, 4) is 5.69 Å². The number of tetrazole rings is 1. The van der Waals surface area contributed by atoms with Crippen molar-refractivity contribution < 1.29 is 4.79 Å². The molecule has 0 fully saturated rings. The molecule has 2 aromatic heterocycles. The van der Waals surface area contributed by atoms with Crippen molar-refractivity contribution in [2.75, 3.05) is 0 Å². The Hall–Kier alpha value is -3.71. The molecule has 0 aliphatic rings. The van der Waals surface area contributed by atoms with Gasteiger partial charge in [0.25, 0.3) is 0 Å². The number of benzene rings is 3. The van der Waals surface area contributed by atoms with Crippen molar-refractivity contribution in [2.45, 2.75) is 17.3 Å². The molecular formula is C24H19N5OS. The Bertz CT molecular complexity index is 1340. The van der Waals surface area contributed by atoms with Gasteiger partial charge < -0.3 is 4.98 Å². The number of H-pyrrole nitrogens is 1. The van der Waals surface area contributed by atoms with Gasteiger partial charge in [-0.25, -0.2) is 0 Å². The van der Waals surface area contributed by atoms with E-state index in [-0.39, 0.29) is 5.78 Å². The van der Waals surface area contributed by atoms with Crippen LogP contribution < -0.4 is 0 Å². The molecule has 0 saturated carbocycles. The highest BCUT2D eigenvalue weighted by atomic mass is 32.2. The highest BCUT2D eigenvalue weighted by Gasteiger charge is 2.28. The lowest BCUT2D eigenvalue weighted by Crippen LogP contribution is -2.11. The normalized spacial score (nSPS) is 12.2. The van der Waals surface area contributed by atoms with E-state index in [1.165, 1.54) is 11.8 Å². The SMILES string of the molecule is Cc1ccc(-n2nnnc2S[C@H](C(=O)c2c[nH]c3ccccc23)c2ccccc2)cc1. The maximum absolute atomic E-state index is 13.7. The monoisotopic (exact) mass is 425 g/mol. The zero-order valence-corrected chi connectivity index (χ0v) is 17.6. The number of Topliss-reactive ketones (excluding diaryl/α,β-unsaturated/α-hetero) is 1. The average molecular weight is 426 g/mol. The van der Waals surface area contributed by atoms with Crippen LogP contribution in [-0.2, 0) is 0 Å². The van der Waals surface area contributed by atoms with Crippen molar-refractivity contribution in [3.63, 3.8) is 0 Å². The number of fused-ring (bicyclic) bond motifs is 1.